The summed E-state index contributed by atoms with van der Waals surface area (Å²) in [7, 11) is 1.75. The van der Waals surface area contributed by atoms with Gasteiger partial charge in [0.05, 0.1) is 13.7 Å². The Morgan fingerprint density at radius 3 is 2.95 bits per heavy atom. The van der Waals surface area contributed by atoms with Crippen molar-refractivity contribution < 1.29 is 4.74 Å². The number of aromatic nitrogens is 1. The zero-order valence-corrected chi connectivity index (χ0v) is 12.7. The van der Waals surface area contributed by atoms with Gasteiger partial charge in [-0.3, -0.25) is 4.90 Å². The third-order valence-electron chi connectivity index (χ3n) is 4.14. The Hall–Kier alpha value is -2.00. The highest BCUT2D eigenvalue weighted by molar-refractivity contribution is 5.83. The fraction of sp³-hybridized carbons (Fsp3) is 0.333. The summed E-state index contributed by atoms with van der Waals surface area (Å²) in [6, 6.07) is 8.49. The molecule has 1 aromatic heterocycles. The van der Waals surface area contributed by atoms with E-state index < -0.39 is 0 Å². The maximum absolute atomic E-state index is 5.43. The lowest BCUT2D eigenvalue weighted by molar-refractivity contribution is 0.213. The van der Waals surface area contributed by atoms with E-state index in [1.165, 1.54) is 22.0 Å². The van der Waals surface area contributed by atoms with Crippen molar-refractivity contribution in [2.24, 2.45) is 0 Å². The number of benzene rings is 1. The van der Waals surface area contributed by atoms with Crippen molar-refractivity contribution in [3.63, 3.8) is 0 Å². The second-order valence-corrected chi connectivity index (χ2v) is 5.50. The van der Waals surface area contributed by atoms with Crippen LogP contribution in [0.25, 0.3) is 10.9 Å². The van der Waals surface area contributed by atoms with Crippen LogP contribution in [0.2, 0.25) is 0 Å². The Balaban J connectivity index is 1.69. The Bertz CT molecular complexity index is 681. The first-order valence-corrected chi connectivity index (χ1v) is 7.47. The lowest BCUT2D eigenvalue weighted by atomic mass is 10.1. The molecule has 0 aliphatic carbocycles. The molecule has 0 saturated heterocycles. The van der Waals surface area contributed by atoms with Gasteiger partial charge in [-0.1, -0.05) is 24.3 Å². The summed E-state index contributed by atoms with van der Waals surface area (Å²) in [5.74, 6) is 1.05. The van der Waals surface area contributed by atoms with Gasteiger partial charge in [-0.25, -0.2) is 0 Å². The molecule has 1 aromatic carbocycles. The Kier molecular flexibility index (Phi) is 4.11. The highest BCUT2D eigenvalue weighted by Crippen LogP contribution is 2.20. The predicted octanol–water partition coefficient (Wildman–Crippen LogP) is 3.50. The molecule has 1 N–H and O–H groups in total. The number of H-pyrrole nitrogens is 1. The second kappa shape index (κ2) is 6.19. The number of methoxy groups -OCH3 is 1. The van der Waals surface area contributed by atoms with Crippen molar-refractivity contribution in [2.75, 3.05) is 26.7 Å². The minimum absolute atomic E-state index is 0.899. The number of hydrogen-bond acceptors (Lipinski definition) is 2. The third kappa shape index (κ3) is 3.03. The van der Waals surface area contributed by atoms with Crippen LogP contribution in [0, 0.1) is 0 Å². The molecule has 2 heterocycles. The van der Waals surface area contributed by atoms with Crippen LogP contribution in [0.1, 0.15) is 12.5 Å². The maximum Gasteiger partial charge on any atom is 0.110 e. The first-order valence-electron chi connectivity index (χ1n) is 7.47. The molecule has 21 heavy (non-hydrogen) atoms. The quantitative estimate of drug-likeness (QED) is 0.929. The van der Waals surface area contributed by atoms with E-state index in [9.17, 15) is 0 Å². The first-order chi connectivity index (χ1) is 10.3. The van der Waals surface area contributed by atoms with Gasteiger partial charge in [0.15, 0.2) is 0 Å². The summed E-state index contributed by atoms with van der Waals surface area (Å²) in [6.45, 7) is 5.03. The normalized spacial score (nSPS) is 18.2. The highest BCUT2D eigenvalue weighted by atomic mass is 16.5. The van der Waals surface area contributed by atoms with Crippen LogP contribution in [-0.2, 0) is 11.2 Å². The van der Waals surface area contributed by atoms with Crippen LogP contribution < -0.4 is 0 Å². The average Bonchev–Trinajstić information content (AvgIpc) is 2.95. The van der Waals surface area contributed by atoms with Crippen molar-refractivity contribution in [2.45, 2.75) is 13.3 Å². The monoisotopic (exact) mass is 282 g/mol. The molecule has 2 aromatic rings. The van der Waals surface area contributed by atoms with E-state index in [4.69, 9.17) is 4.74 Å². The van der Waals surface area contributed by atoms with Gasteiger partial charge < -0.3 is 9.72 Å². The molecule has 0 atom stereocenters. The van der Waals surface area contributed by atoms with Crippen LogP contribution >= 0.6 is 0 Å². The smallest absolute Gasteiger partial charge is 0.110 e. The molecular weight excluding hydrogens is 260 g/mol. The molecule has 0 amide bonds. The number of aromatic amines is 1. The van der Waals surface area contributed by atoms with Crippen LogP contribution in [0.4, 0.5) is 0 Å². The zero-order valence-electron chi connectivity index (χ0n) is 12.7. The van der Waals surface area contributed by atoms with Gasteiger partial charge in [0.2, 0.25) is 0 Å². The van der Waals surface area contributed by atoms with Crippen molar-refractivity contribution in [3.05, 3.63) is 59.5 Å². The number of para-hydroxylation sites is 1. The molecule has 0 unspecified atom stereocenters. The molecule has 0 spiro atoms. The molecule has 1 aliphatic heterocycles. The van der Waals surface area contributed by atoms with Gasteiger partial charge in [0.1, 0.15) is 5.76 Å². The lowest BCUT2D eigenvalue weighted by Crippen LogP contribution is -2.33. The molecule has 3 rings (SSSR count). The fourth-order valence-electron chi connectivity index (χ4n) is 2.91. The molecule has 0 radical (unpaired) electrons. The summed E-state index contributed by atoms with van der Waals surface area (Å²) >= 11 is 0. The van der Waals surface area contributed by atoms with E-state index >= 15 is 0 Å². The fourth-order valence-corrected chi connectivity index (χ4v) is 2.91. The standard InChI is InChI=1S/C18H22N2O/c1-3-14-10-16(21-2)13-20(12-14)9-8-15-11-19-18-7-5-4-6-17(15)18/h3-7,10-11,19H,8-9,12-13H2,1-2H3/b14-3+. The molecular formula is C18H22N2O. The largest absolute Gasteiger partial charge is 0.500 e. The highest BCUT2D eigenvalue weighted by Gasteiger charge is 2.16. The SMILES string of the molecule is C/C=C1\C=C(OC)CN(CCc2c[nH]c3ccccc23)C1. The number of fused-ring (bicyclic) bond motifs is 1. The van der Waals surface area contributed by atoms with Gasteiger partial charge in [0, 0.05) is 30.2 Å². The van der Waals surface area contributed by atoms with Gasteiger partial charge in [-0.05, 0) is 36.6 Å². The molecule has 0 bridgehead atoms. The first kappa shape index (κ1) is 14.0. The molecule has 110 valence electrons. The Labute approximate surface area is 125 Å². The third-order valence-corrected chi connectivity index (χ3v) is 4.14. The Morgan fingerprint density at radius 1 is 1.29 bits per heavy atom. The van der Waals surface area contributed by atoms with Crippen LogP contribution in [-0.4, -0.2) is 36.6 Å². The minimum Gasteiger partial charge on any atom is -0.500 e. The summed E-state index contributed by atoms with van der Waals surface area (Å²) in [6.07, 6.45) is 7.51. The number of nitrogens with zero attached hydrogens (tertiary/aromatic N) is 1. The molecule has 0 saturated carbocycles. The van der Waals surface area contributed by atoms with Crippen LogP contribution in [0.5, 0.6) is 0 Å². The van der Waals surface area contributed by atoms with Crippen molar-refractivity contribution in [3.8, 4) is 0 Å². The second-order valence-electron chi connectivity index (χ2n) is 5.50. The molecule has 3 heteroatoms. The van der Waals surface area contributed by atoms with E-state index in [2.05, 4.69) is 59.4 Å². The van der Waals surface area contributed by atoms with E-state index in [1.54, 1.807) is 7.11 Å². The van der Waals surface area contributed by atoms with E-state index in [0.29, 0.717) is 0 Å². The minimum atomic E-state index is 0.899. The maximum atomic E-state index is 5.43. The van der Waals surface area contributed by atoms with E-state index in [0.717, 1.165) is 31.8 Å². The summed E-state index contributed by atoms with van der Waals surface area (Å²) in [4.78, 5) is 5.79. The van der Waals surface area contributed by atoms with Gasteiger partial charge in [-0.2, -0.15) is 0 Å². The van der Waals surface area contributed by atoms with Crippen LogP contribution in [0.3, 0.4) is 0 Å². The summed E-state index contributed by atoms with van der Waals surface area (Å²) in [5.41, 5.74) is 3.94. The van der Waals surface area contributed by atoms with Crippen molar-refractivity contribution >= 4 is 10.9 Å². The molecule has 3 nitrogen and oxygen atoms in total. The van der Waals surface area contributed by atoms with Crippen molar-refractivity contribution in [1.29, 1.82) is 0 Å². The number of rotatable bonds is 4. The van der Waals surface area contributed by atoms with E-state index in [-0.39, 0.29) is 0 Å². The number of hydrogen-bond donors (Lipinski definition) is 1. The van der Waals surface area contributed by atoms with E-state index in [1.807, 2.05) is 0 Å². The van der Waals surface area contributed by atoms with Crippen LogP contribution in [0.15, 0.2) is 53.9 Å². The molecule has 0 fully saturated rings. The van der Waals surface area contributed by atoms with Gasteiger partial charge in [0.25, 0.3) is 0 Å². The number of allylic oxidation sites excluding steroid dienone is 1. The lowest BCUT2D eigenvalue weighted by Gasteiger charge is -2.27. The zero-order chi connectivity index (χ0) is 14.7. The summed E-state index contributed by atoms with van der Waals surface area (Å²) in [5, 5.41) is 1.34. The summed E-state index contributed by atoms with van der Waals surface area (Å²) < 4.78 is 5.43. The van der Waals surface area contributed by atoms with Crippen molar-refractivity contribution in [1.82, 2.24) is 9.88 Å². The van der Waals surface area contributed by atoms with Gasteiger partial charge >= 0.3 is 0 Å². The topological polar surface area (TPSA) is 28.3 Å². The predicted molar refractivity (Wildman–Crippen MR) is 87.3 cm³/mol. The molecule has 1 aliphatic rings. The number of nitrogens with one attached hydrogen (secondary N) is 1. The van der Waals surface area contributed by atoms with Gasteiger partial charge in [-0.15, -0.1) is 0 Å². The average molecular weight is 282 g/mol. The number of ether oxygens (including phenoxy) is 1. The Morgan fingerprint density at radius 2 is 2.14 bits per heavy atom.